The molecule has 2 aliphatic rings. The van der Waals surface area contributed by atoms with Crippen LogP contribution in [0, 0.1) is 24.0 Å². The molecule has 2 amide bonds. The van der Waals surface area contributed by atoms with Gasteiger partial charge in [0.15, 0.2) is 11.6 Å². The summed E-state index contributed by atoms with van der Waals surface area (Å²) in [5.74, 6) is -2.42. The number of rotatable bonds is 2. The summed E-state index contributed by atoms with van der Waals surface area (Å²) in [6, 6.07) is 2.90. The van der Waals surface area contributed by atoms with E-state index in [1.54, 1.807) is 0 Å². The number of carbonyl (C=O) groups is 2. The minimum atomic E-state index is -0.971. The Morgan fingerprint density at radius 2 is 1.64 bits per heavy atom. The molecule has 1 aromatic carbocycles. The standard InChI is InChI=1S/C17H19F2NO2/c1-11-4-5-12(16(19)15(11)18)10-20-13(21)8-17(9-14(20)22)6-2-3-7-17/h4-5H,2-3,6-10H2,1H3. The number of benzene rings is 1. The molecule has 1 saturated carbocycles. The molecule has 0 aromatic heterocycles. The molecule has 3 nitrogen and oxygen atoms in total. The first kappa shape index (κ1) is 15.1. The Labute approximate surface area is 128 Å². The van der Waals surface area contributed by atoms with Crippen LogP contribution < -0.4 is 0 Å². The van der Waals surface area contributed by atoms with Crippen molar-refractivity contribution < 1.29 is 18.4 Å². The molecule has 1 aromatic rings. The fourth-order valence-corrected chi connectivity index (χ4v) is 3.67. The van der Waals surface area contributed by atoms with Crippen LogP contribution in [0.25, 0.3) is 0 Å². The van der Waals surface area contributed by atoms with Gasteiger partial charge < -0.3 is 0 Å². The van der Waals surface area contributed by atoms with Crippen molar-refractivity contribution in [2.75, 3.05) is 0 Å². The van der Waals surface area contributed by atoms with E-state index in [0.717, 1.165) is 30.6 Å². The summed E-state index contributed by atoms with van der Waals surface area (Å²) in [6.45, 7) is 1.29. The molecule has 22 heavy (non-hydrogen) atoms. The highest BCUT2D eigenvalue weighted by Crippen LogP contribution is 2.47. The average molecular weight is 307 g/mol. The molecular weight excluding hydrogens is 288 g/mol. The van der Waals surface area contributed by atoms with Crippen LogP contribution in [0.1, 0.15) is 49.7 Å². The lowest BCUT2D eigenvalue weighted by atomic mass is 9.76. The Kier molecular flexibility index (Phi) is 3.75. The second-order valence-corrected chi connectivity index (χ2v) is 6.60. The van der Waals surface area contributed by atoms with E-state index < -0.39 is 11.6 Å². The number of carbonyl (C=O) groups excluding carboxylic acids is 2. The number of imide groups is 1. The first-order valence-corrected chi connectivity index (χ1v) is 7.69. The van der Waals surface area contributed by atoms with Gasteiger partial charge in [0.1, 0.15) is 0 Å². The number of piperidine rings is 1. The van der Waals surface area contributed by atoms with E-state index in [4.69, 9.17) is 0 Å². The summed E-state index contributed by atoms with van der Waals surface area (Å²) in [6.07, 6.45) is 4.61. The van der Waals surface area contributed by atoms with Gasteiger partial charge in [-0.15, -0.1) is 0 Å². The van der Waals surface area contributed by atoms with E-state index in [-0.39, 0.29) is 34.9 Å². The summed E-state index contributed by atoms with van der Waals surface area (Å²) in [7, 11) is 0. The van der Waals surface area contributed by atoms with Crippen molar-refractivity contribution in [1.82, 2.24) is 4.90 Å². The van der Waals surface area contributed by atoms with Gasteiger partial charge in [0.25, 0.3) is 0 Å². The molecule has 2 fully saturated rings. The van der Waals surface area contributed by atoms with Crippen molar-refractivity contribution in [3.63, 3.8) is 0 Å². The van der Waals surface area contributed by atoms with Gasteiger partial charge >= 0.3 is 0 Å². The van der Waals surface area contributed by atoms with Crippen molar-refractivity contribution in [3.05, 3.63) is 34.9 Å². The second-order valence-electron chi connectivity index (χ2n) is 6.60. The van der Waals surface area contributed by atoms with Crippen molar-refractivity contribution in [2.45, 2.75) is 52.0 Å². The zero-order valence-electron chi connectivity index (χ0n) is 12.6. The predicted molar refractivity (Wildman–Crippen MR) is 76.8 cm³/mol. The summed E-state index contributed by atoms with van der Waals surface area (Å²) >= 11 is 0. The van der Waals surface area contributed by atoms with Crippen molar-refractivity contribution >= 4 is 11.8 Å². The molecule has 118 valence electrons. The summed E-state index contributed by atoms with van der Waals surface area (Å²) in [4.78, 5) is 25.7. The number of hydrogen-bond donors (Lipinski definition) is 0. The molecule has 0 radical (unpaired) electrons. The molecule has 3 rings (SSSR count). The Balaban J connectivity index is 1.80. The maximum absolute atomic E-state index is 13.9. The van der Waals surface area contributed by atoms with Gasteiger partial charge in [-0.2, -0.15) is 0 Å². The van der Waals surface area contributed by atoms with Crippen LogP contribution in [0.4, 0.5) is 8.78 Å². The number of amides is 2. The number of nitrogens with zero attached hydrogens (tertiary/aromatic N) is 1. The molecule has 0 unspecified atom stereocenters. The third kappa shape index (κ3) is 2.53. The first-order chi connectivity index (χ1) is 10.4. The normalized spacial score (nSPS) is 21.0. The van der Waals surface area contributed by atoms with Gasteiger partial charge in [-0.1, -0.05) is 25.0 Å². The van der Waals surface area contributed by atoms with Crippen LogP contribution in [-0.4, -0.2) is 16.7 Å². The van der Waals surface area contributed by atoms with Crippen molar-refractivity contribution in [2.24, 2.45) is 5.41 Å². The van der Waals surface area contributed by atoms with Crippen LogP contribution in [0.2, 0.25) is 0 Å². The van der Waals surface area contributed by atoms with E-state index >= 15 is 0 Å². The highest BCUT2D eigenvalue weighted by Gasteiger charge is 2.45. The summed E-state index contributed by atoms with van der Waals surface area (Å²) in [5.41, 5.74) is 0.0801. The number of halogens is 2. The van der Waals surface area contributed by atoms with Crippen LogP contribution in [-0.2, 0) is 16.1 Å². The van der Waals surface area contributed by atoms with Gasteiger partial charge in [0.05, 0.1) is 6.54 Å². The molecule has 1 heterocycles. The SMILES string of the molecule is Cc1ccc(CN2C(=O)CC3(CCCC3)CC2=O)c(F)c1F. The van der Waals surface area contributed by atoms with Crippen LogP contribution in [0.5, 0.6) is 0 Å². The lowest BCUT2D eigenvalue weighted by molar-refractivity contribution is -0.154. The molecule has 1 saturated heterocycles. The fraction of sp³-hybridized carbons (Fsp3) is 0.529. The van der Waals surface area contributed by atoms with Gasteiger partial charge in [-0.05, 0) is 30.7 Å². The summed E-state index contributed by atoms with van der Waals surface area (Å²) < 4.78 is 27.6. The molecule has 0 atom stereocenters. The van der Waals surface area contributed by atoms with Gasteiger partial charge in [-0.25, -0.2) is 8.78 Å². The van der Waals surface area contributed by atoms with E-state index in [9.17, 15) is 18.4 Å². The number of aryl methyl sites for hydroxylation is 1. The average Bonchev–Trinajstić information content (AvgIpc) is 2.90. The van der Waals surface area contributed by atoms with Gasteiger partial charge in [-0.3, -0.25) is 14.5 Å². The van der Waals surface area contributed by atoms with E-state index in [1.165, 1.54) is 19.1 Å². The topological polar surface area (TPSA) is 37.4 Å². The third-order valence-electron chi connectivity index (χ3n) is 5.00. The van der Waals surface area contributed by atoms with Crippen molar-refractivity contribution in [3.8, 4) is 0 Å². The summed E-state index contributed by atoms with van der Waals surface area (Å²) in [5, 5.41) is 0. The Hall–Kier alpha value is -1.78. The smallest absolute Gasteiger partial charge is 0.230 e. The zero-order chi connectivity index (χ0) is 15.9. The highest BCUT2D eigenvalue weighted by molar-refractivity contribution is 5.98. The maximum atomic E-state index is 13.9. The minimum Gasteiger partial charge on any atom is -0.278 e. The maximum Gasteiger partial charge on any atom is 0.230 e. The van der Waals surface area contributed by atoms with Crippen LogP contribution >= 0.6 is 0 Å². The predicted octanol–water partition coefficient (Wildman–Crippen LogP) is 3.48. The Bertz CT molecular complexity index is 616. The largest absolute Gasteiger partial charge is 0.278 e. The lowest BCUT2D eigenvalue weighted by Gasteiger charge is -2.37. The lowest BCUT2D eigenvalue weighted by Crippen LogP contribution is -2.46. The monoisotopic (exact) mass is 307 g/mol. The van der Waals surface area contributed by atoms with Crippen molar-refractivity contribution in [1.29, 1.82) is 0 Å². The molecule has 5 heteroatoms. The number of hydrogen-bond acceptors (Lipinski definition) is 2. The second kappa shape index (κ2) is 5.45. The molecule has 0 N–H and O–H groups in total. The van der Waals surface area contributed by atoms with E-state index in [2.05, 4.69) is 0 Å². The van der Waals surface area contributed by atoms with Gasteiger partial charge in [0.2, 0.25) is 11.8 Å². The minimum absolute atomic E-state index is 0.0483. The Morgan fingerprint density at radius 1 is 1.05 bits per heavy atom. The number of likely N-dealkylation sites (tertiary alicyclic amines) is 1. The molecule has 1 aliphatic heterocycles. The first-order valence-electron chi connectivity index (χ1n) is 7.69. The zero-order valence-corrected chi connectivity index (χ0v) is 12.6. The third-order valence-corrected chi connectivity index (χ3v) is 5.00. The fourth-order valence-electron chi connectivity index (χ4n) is 3.67. The van der Waals surface area contributed by atoms with Crippen LogP contribution in [0.3, 0.4) is 0 Å². The quantitative estimate of drug-likeness (QED) is 0.784. The van der Waals surface area contributed by atoms with Gasteiger partial charge in [0, 0.05) is 18.4 Å². The molecule has 0 bridgehead atoms. The molecular formula is C17H19F2NO2. The Morgan fingerprint density at radius 3 is 2.23 bits per heavy atom. The van der Waals surface area contributed by atoms with Crippen LogP contribution in [0.15, 0.2) is 12.1 Å². The molecule has 1 aliphatic carbocycles. The molecule has 1 spiro atoms. The van der Waals surface area contributed by atoms with E-state index in [0.29, 0.717) is 12.8 Å². The van der Waals surface area contributed by atoms with E-state index in [1.807, 2.05) is 0 Å². The highest BCUT2D eigenvalue weighted by atomic mass is 19.2.